The van der Waals surface area contributed by atoms with Crippen LogP contribution in [0.25, 0.3) is 0 Å². The van der Waals surface area contributed by atoms with Crippen molar-refractivity contribution >= 4 is 5.97 Å². The molecule has 0 aliphatic heterocycles. The molecule has 0 saturated heterocycles. The molecule has 3 aliphatic rings. The second-order valence-corrected chi connectivity index (χ2v) is 6.31. The van der Waals surface area contributed by atoms with Crippen LogP contribution in [-0.4, -0.2) is 11.1 Å². The van der Waals surface area contributed by atoms with E-state index in [9.17, 15) is 9.90 Å². The fourth-order valence-electron chi connectivity index (χ4n) is 4.34. The summed E-state index contributed by atoms with van der Waals surface area (Å²) in [6, 6.07) is 0. The Balaban J connectivity index is 1.79. The Kier molecular flexibility index (Phi) is 2.49. The number of hydrogen-bond donors (Lipinski definition) is 1. The molecular formula is C14H22O2. The second-order valence-electron chi connectivity index (χ2n) is 6.31. The van der Waals surface area contributed by atoms with Crippen LogP contribution >= 0.6 is 0 Å². The van der Waals surface area contributed by atoms with Crippen molar-refractivity contribution in [2.75, 3.05) is 0 Å². The highest BCUT2D eigenvalue weighted by Gasteiger charge is 2.60. The van der Waals surface area contributed by atoms with Gasteiger partial charge in [-0.15, -0.1) is 0 Å². The van der Waals surface area contributed by atoms with E-state index in [1.807, 2.05) is 0 Å². The van der Waals surface area contributed by atoms with E-state index in [0.29, 0.717) is 5.92 Å². The molecule has 0 bridgehead atoms. The minimum Gasteiger partial charge on any atom is -0.481 e. The smallest absolute Gasteiger partial charge is 0.309 e. The molecule has 0 radical (unpaired) electrons. The van der Waals surface area contributed by atoms with Crippen LogP contribution in [0, 0.1) is 23.2 Å². The second kappa shape index (κ2) is 3.75. The van der Waals surface area contributed by atoms with Crippen LogP contribution in [0.15, 0.2) is 0 Å². The number of fused-ring (bicyclic) bond motifs is 1. The lowest BCUT2D eigenvalue weighted by Crippen LogP contribution is -2.37. The zero-order chi connectivity index (χ0) is 11.2. The van der Waals surface area contributed by atoms with Gasteiger partial charge in [0.25, 0.3) is 0 Å². The largest absolute Gasteiger partial charge is 0.481 e. The minimum absolute atomic E-state index is 0.308. The molecule has 0 aromatic carbocycles. The van der Waals surface area contributed by atoms with Gasteiger partial charge in [0.2, 0.25) is 0 Å². The van der Waals surface area contributed by atoms with Crippen LogP contribution in [0.2, 0.25) is 0 Å². The first-order chi connectivity index (χ1) is 7.72. The van der Waals surface area contributed by atoms with Crippen molar-refractivity contribution in [2.24, 2.45) is 23.2 Å². The molecule has 0 spiro atoms. The molecule has 1 N–H and O–H groups in total. The van der Waals surface area contributed by atoms with Gasteiger partial charge < -0.3 is 5.11 Å². The molecule has 3 fully saturated rings. The summed E-state index contributed by atoms with van der Waals surface area (Å²) in [7, 11) is 0. The summed E-state index contributed by atoms with van der Waals surface area (Å²) in [4.78, 5) is 11.7. The monoisotopic (exact) mass is 222 g/mol. The third-order valence-electron chi connectivity index (χ3n) is 5.38. The van der Waals surface area contributed by atoms with E-state index in [4.69, 9.17) is 0 Å². The van der Waals surface area contributed by atoms with E-state index >= 15 is 0 Å². The van der Waals surface area contributed by atoms with E-state index in [1.54, 1.807) is 0 Å². The Labute approximate surface area is 97.4 Å². The predicted octanol–water partition coefficient (Wildman–Crippen LogP) is 3.46. The van der Waals surface area contributed by atoms with Crippen LogP contribution in [0.1, 0.15) is 57.8 Å². The average molecular weight is 222 g/mol. The van der Waals surface area contributed by atoms with Gasteiger partial charge >= 0.3 is 5.97 Å². The number of carboxylic acid groups (broad SMARTS) is 1. The van der Waals surface area contributed by atoms with Crippen molar-refractivity contribution in [2.45, 2.75) is 57.8 Å². The minimum atomic E-state index is -0.480. The highest BCUT2D eigenvalue weighted by Crippen LogP contribution is 2.63. The van der Waals surface area contributed by atoms with Crippen molar-refractivity contribution < 1.29 is 9.90 Å². The van der Waals surface area contributed by atoms with Crippen LogP contribution < -0.4 is 0 Å². The van der Waals surface area contributed by atoms with Crippen LogP contribution in [0.4, 0.5) is 0 Å². The van der Waals surface area contributed by atoms with Gasteiger partial charge in [0.05, 0.1) is 5.41 Å². The first-order valence-electron chi connectivity index (χ1n) is 6.96. The van der Waals surface area contributed by atoms with Crippen LogP contribution in [-0.2, 0) is 4.79 Å². The molecule has 2 nitrogen and oxygen atoms in total. The van der Waals surface area contributed by atoms with Gasteiger partial charge in [-0.2, -0.15) is 0 Å². The molecule has 2 heteroatoms. The van der Waals surface area contributed by atoms with Crippen molar-refractivity contribution in [3.05, 3.63) is 0 Å². The zero-order valence-corrected chi connectivity index (χ0v) is 9.95. The standard InChI is InChI=1S/C14H22O2/c15-13(16)14(8-10-7-11(10)9-14)12-5-3-1-2-4-6-12/h10-12H,1-9H2,(H,15,16). The molecule has 0 amide bonds. The summed E-state index contributed by atoms with van der Waals surface area (Å²) < 4.78 is 0. The lowest BCUT2D eigenvalue weighted by Gasteiger charge is -2.34. The van der Waals surface area contributed by atoms with Gasteiger partial charge in [-0.25, -0.2) is 0 Å². The van der Waals surface area contributed by atoms with E-state index in [0.717, 1.165) is 24.7 Å². The van der Waals surface area contributed by atoms with Crippen molar-refractivity contribution in [1.82, 2.24) is 0 Å². The number of carbonyl (C=O) groups is 1. The van der Waals surface area contributed by atoms with Crippen molar-refractivity contribution in [3.63, 3.8) is 0 Å². The van der Waals surface area contributed by atoms with Gasteiger partial charge in [0.15, 0.2) is 0 Å². The number of aliphatic carboxylic acids is 1. The molecule has 0 aromatic rings. The Morgan fingerprint density at radius 2 is 1.56 bits per heavy atom. The third kappa shape index (κ3) is 1.57. The zero-order valence-electron chi connectivity index (χ0n) is 9.95. The molecule has 2 atom stereocenters. The molecule has 3 rings (SSSR count). The van der Waals surface area contributed by atoms with Gasteiger partial charge in [-0.05, 0) is 49.9 Å². The molecule has 0 heterocycles. The Hall–Kier alpha value is -0.530. The highest BCUT2D eigenvalue weighted by molar-refractivity contribution is 5.76. The first kappa shape index (κ1) is 10.6. The predicted molar refractivity (Wildman–Crippen MR) is 62.1 cm³/mol. The van der Waals surface area contributed by atoms with E-state index < -0.39 is 5.97 Å². The Morgan fingerprint density at radius 3 is 2.06 bits per heavy atom. The van der Waals surface area contributed by atoms with Crippen molar-refractivity contribution in [1.29, 1.82) is 0 Å². The maximum Gasteiger partial charge on any atom is 0.309 e. The summed E-state index contributed by atoms with van der Waals surface area (Å²) in [6.45, 7) is 0. The molecular weight excluding hydrogens is 200 g/mol. The van der Waals surface area contributed by atoms with Crippen LogP contribution in [0.3, 0.4) is 0 Å². The lowest BCUT2D eigenvalue weighted by atomic mass is 9.68. The summed E-state index contributed by atoms with van der Waals surface area (Å²) in [5.41, 5.74) is -0.308. The Bertz CT molecular complexity index is 279. The number of hydrogen-bond acceptors (Lipinski definition) is 1. The van der Waals surface area contributed by atoms with Crippen LogP contribution in [0.5, 0.6) is 0 Å². The summed E-state index contributed by atoms with van der Waals surface area (Å²) >= 11 is 0. The molecule has 0 aromatic heterocycles. The Morgan fingerprint density at radius 1 is 1.00 bits per heavy atom. The van der Waals surface area contributed by atoms with E-state index in [1.165, 1.54) is 44.9 Å². The normalized spacial score (nSPS) is 43.8. The lowest BCUT2D eigenvalue weighted by molar-refractivity contribution is -0.153. The van der Waals surface area contributed by atoms with Gasteiger partial charge in [-0.1, -0.05) is 25.7 Å². The van der Waals surface area contributed by atoms with E-state index in [-0.39, 0.29) is 5.41 Å². The number of carboxylic acids is 1. The molecule has 90 valence electrons. The van der Waals surface area contributed by atoms with Gasteiger partial charge in [0, 0.05) is 0 Å². The van der Waals surface area contributed by atoms with Crippen molar-refractivity contribution in [3.8, 4) is 0 Å². The number of rotatable bonds is 2. The molecule has 2 unspecified atom stereocenters. The summed E-state index contributed by atoms with van der Waals surface area (Å²) in [5, 5.41) is 9.65. The quantitative estimate of drug-likeness (QED) is 0.726. The molecule has 16 heavy (non-hydrogen) atoms. The fraction of sp³-hybridized carbons (Fsp3) is 0.929. The maximum atomic E-state index is 11.7. The molecule has 3 aliphatic carbocycles. The SMILES string of the molecule is O=C(O)C1(C2CCCCCC2)CC2CC2C1. The first-order valence-corrected chi connectivity index (χ1v) is 6.96. The fourth-order valence-corrected chi connectivity index (χ4v) is 4.34. The summed E-state index contributed by atoms with van der Waals surface area (Å²) in [6.07, 6.45) is 10.8. The maximum absolute atomic E-state index is 11.7. The average Bonchev–Trinajstić information content (AvgIpc) is 2.96. The van der Waals surface area contributed by atoms with Gasteiger partial charge in [0.1, 0.15) is 0 Å². The molecule has 3 saturated carbocycles. The topological polar surface area (TPSA) is 37.3 Å². The van der Waals surface area contributed by atoms with Gasteiger partial charge in [-0.3, -0.25) is 4.79 Å². The van der Waals surface area contributed by atoms with E-state index in [2.05, 4.69) is 0 Å². The third-order valence-corrected chi connectivity index (χ3v) is 5.38. The highest BCUT2D eigenvalue weighted by atomic mass is 16.4. The summed E-state index contributed by atoms with van der Waals surface area (Å²) in [5.74, 6) is 1.56.